The SMILES string of the molecule is CC(C)c1noc(CCC(=O)N[C@H](C)C(C)C)n1. The van der Waals surface area contributed by atoms with Crippen molar-refractivity contribution in [2.45, 2.75) is 59.4 Å². The van der Waals surface area contributed by atoms with Crippen molar-refractivity contribution in [3.63, 3.8) is 0 Å². The quantitative estimate of drug-likeness (QED) is 0.844. The Labute approximate surface area is 108 Å². The summed E-state index contributed by atoms with van der Waals surface area (Å²) in [5.74, 6) is 1.94. The van der Waals surface area contributed by atoms with Crippen LogP contribution in [0.5, 0.6) is 0 Å². The minimum atomic E-state index is 0.0282. The summed E-state index contributed by atoms with van der Waals surface area (Å²) in [6, 6.07) is 0.186. The highest BCUT2D eigenvalue weighted by atomic mass is 16.5. The number of aryl methyl sites for hydroxylation is 1. The molecule has 1 heterocycles. The highest BCUT2D eigenvalue weighted by molar-refractivity contribution is 5.76. The lowest BCUT2D eigenvalue weighted by Gasteiger charge is -2.16. The van der Waals surface area contributed by atoms with Crippen LogP contribution in [0.4, 0.5) is 0 Å². The Hall–Kier alpha value is -1.39. The highest BCUT2D eigenvalue weighted by Crippen LogP contribution is 2.10. The first kappa shape index (κ1) is 14.7. The fourth-order valence-corrected chi connectivity index (χ4v) is 1.32. The molecule has 0 bridgehead atoms. The minimum Gasteiger partial charge on any atom is -0.353 e. The standard InChI is InChI=1S/C13H23N3O2/c1-8(2)10(5)14-11(17)6-7-12-15-13(9(3)4)16-18-12/h8-10H,6-7H2,1-5H3,(H,14,17)/t10-/m1/s1. The summed E-state index contributed by atoms with van der Waals surface area (Å²) in [4.78, 5) is 15.9. The Bertz CT molecular complexity index is 385. The Kier molecular flexibility index (Phi) is 5.31. The predicted molar refractivity (Wildman–Crippen MR) is 69.2 cm³/mol. The second-order valence-corrected chi connectivity index (χ2v) is 5.30. The van der Waals surface area contributed by atoms with Crippen molar-refractivity contribution >= 4 is 5.91 Å². The van der Waals surface area contributed by atoms with Gasteiger partial charge in [-0.1, -0.05) is 32.9 Å². The number of carbonyl (C=O) groups excluding carboxylic acids is 1. The van der Waals surface area contributed by atoms with E-state index in [0.717, 1.165) is 0 Å². The number of rotatable bonds is 6. The summed E-state index contributed by atoms with van der Waals surface area (Å²) >= 11 is 0. The molecular weight excluding hydrogens is 230 g/mol. The van der Waals surface area contributed by atoms with Gasteiger partial charge in [0.15, 0.2) is 5.82 Å². The number of aromatic nitrogens is 2. The fourth-order valence-electron chi connectivity index (χ4n) is 1.32. The number of hydrogen-bond acceptors (Lipinski definition) is 4. The van der Waals surface area contributed by atoms with Crippen molar-refractivity contribution < 1.29 is 9.32 Å². The molecule has 1 N–H and O–H groups in total. The van der Waals surface area contributed by atoms with Gasteiger partial charge < -0.3 is 9.84 Å². The summed E-state index contributed by atoms with van der Waals surface area (Å²) in [6.07, 6.45) is 0.882. The number of hydrogen-bond donors (Lipinski definition) is 1. The molecule has 0 fully saturated rings. The molecule has 0 radical (unpaired) electrons. The van der Waals surface area contributed by atoms with E-state index in [4.69, 9.17) is 4.52 Å². The summed E-state index contributed by atoms with van der Waals surface area (Å²) in [6.45, 7) is 10.2. The topological polar surface area (TPSA) is 68.0 Å². The van der Waals surface area contributed by atoms with E-state index in [0.29, 0.717) is 30.5 Å². The molecule has 0 aromatic carbocycles. The van der Waals surface area contributed by atoms with E-state index in [1.165, 1.54) is 0 Å². The van der Waals surface area contributed by atoms with Crippen LogP contribution in [0, 0.1) is 5.92 Å². The third-order valence-corrected chi connectivity index (χ3v) is 2.95. The van der Waals surface area contributed by atoms with Crippen LogP contribution in [0.2, 0.25) is 0 Å². The molecule has 1 rings (SSSR count). The molecule has 1 amide bonds. The smallest absolute Gasteiger partial charge is 0.227 e. The van der Waals surface area contributed by atoms with E-state index in [-0.39, 0.29) is 17.9 Å². The lowest BCUT2D eigenvalue weighted by molar-refractivity contribution is -0.122. The normalized spacial score (nSPS) is 13.1. The number of nitrogens with zero attached hydrogens (tertiary/aromatic N) is 2. The maximum atomic E-state index is 11.7. The molecule has 102 valence electrons. The fraction of sp³-hybridized carbons (Fsp3) is 0.769. The molecule has 5 nitrogen and oxygen atoms in total. The van der Waals surface area contributed by atoms with E-state index in [1.807, 2.05) is 20.8 Å². The monoisotopic (exact) mass is 253 g/mol. The van der Waals surface area contributed by atoms with E-state index >= 15 is 0 Å². The first-order valence-electron chi connectivity index (χ1n) is 6.52. The van der Waals surface area contributed by atoms with Crippen LogP contribution in [-0.4, -0.2) is 22.1 Å². The third kappa shape index (κ3) is 4.47. The van der Waals surface area contributed by atoms with Gasteiger partial charge in [-0.3, -0.25) is 4.79 Å². The van der Waals surface area contributed by atoms with E-state index < -0.39 is 0 Å². The van der Waals surface area contributed by atoms with Crippen molar-refractivity contribution in [1.29, 1.82) is 0 Å². The Morgan fingerprint density at radius 3 is 2.44 bits per heavy atom. The van der Waals surface area contributed by atoms with Gasteiger partial charge in [-0.2, -0.15) is 4.98 Å². The molecule has 0 saturated heterocycles. The molecular formula is C13H23N3O2. The summed E-state index contributed by atoms with van der Waals surface area (Å²) in [7, 11) is 0. The second kappa shape index (κ2) is 6.52. The lowest BCUT2D eigenvalue weighted by Crippen LogP contribution is -2.36. The average molecular weight is 253 g/mol. The zero-order chi connectivity index (χ0) is 13.7. The molecule has 0 unspecified atom stereocenters. The van der Waals surface area contributed by atoms with Crippen LogP contribution in [0.25, 0.3) is 0 Å². The van der Waals surface area contributed by atoms with Crippen LogP contribution in [-0.2, 0) is 11.2 Å². The highest BCUT2D eigenvalue weighted by Gasteiger charge is 2.13. The lowest BCUT2D eigenvalue weighted by atomic mass is 10.1. The molecule has 1 atom stereocenters. The van der Waals surface area contributed by atoms with Gasteiger partial charge >= 0.3 is 0 Å². The number of nitrogens with one attached hydrogen (secondary N) is 1. The van der Waals surface area contributed by atoms with E-state index in [9.17, 15) is 4.79 Å². The second-order valence-electron chi connectivity index (χ2n) is 5.30. The zero-order valence-electron chi connectivity index (χ0n) is 11.9. The van der Waals surface area contributed by atoms with Gasteiger partial charge in [0.1, 0.15) is 0 Å². The van der Waals surface area contributed by atoms with Gasteiger partial charge in [-0.05, 0) is 12.8 Å². The molecule has 1 aromatic heterocycles. The summed E-state index contributed by atoms with van der Waals surface area (Å²) in [5, 5.41) is 6.82. The van der Waals surface area contributed by atoms with E-state index in [1.54, 1.807) is 0 Å². The van der Waals surface area contributed by atoms with Gasteiger partial charge in [0, 0.05) is 24.8 Å². The zero-order valence-corrected chi connectivity index (χ0v) is 11.9. The molecule has 0 aliphatic heterocycles. The first-order chi connectivity index (χ1) is 8.40. The van der Waals surface area contributed by atoms with Crippen LogP contribution in [0.1, 0.15) is 58.7 Å². The van der Waals surface area contributed by atoms with E-state index in [2.05, 4.69) is 29.3 Å². The molecule has 18 heavy (non-hydrogen) atoms. The van der Waals surface area contributed by atoms with Crippen molar-refractivity contribution in [3.05, 3.63) is 11.7 Å². The molecule has 0 aliphatic carbocycles. The number of amides is 1. The Morgan fingerprint density at radius 2 is 1.94 bits per heavy atom. The molecule has 1 aromatic rings. The molecule has 0 spiro atoms. The van der Waals surface area contributed by atoms with Gasteiger partial charge in [0.2, 0.25) is 11.8 Å². The van der Waals surface area contributed by atoms with Gasteiger partial charge in [-0.25, -0.2) is 0 Å². The van der Waals surface area contributed by atoms with Crippen LogP contribution < -0.4 is 5.32 Å². The molecule has 0 aliphatic rings. The van der Waals surface area contributed by atoms with Crippen molar-refractivity contribution in [2.75, 3.05) is 0 Å². The summed E-state index contributed by atoms with van der Waals surface area (Å²) < 4.78 is 5.09. The van der Waals surface area contributed by atoms with Crippen molar-refractivity contribution in [3.8, 4) is 0 Å². The van der Waals surface area contributed by atoms with Crippen LogP contribution in [0.3, 0.4) is 0 Å². The average Bonchev–Trinajstić information content (AvgIpc) is 2.74. The Balaban J connectivity index is 2.38. The summed E-state index contributed by atoms with van der Waals surface area (Å²) in [5.41, 5.74) is 0. The largest absolute Gasteiger partial charge is 0.353 e. The maximum absolute atomic E-state index is 11.7. The van der Waals surface area contributed by atoms with Gasteiger partial charge in [-0.15, -0.1) is 0 Å². The molecule has 5 heteroatoms. The van der Waals surface area contributed by atoms with Gasteiger partial charge in [0.25, 0.3) is 0 Å². The first-order valence-corrected chi connectivity index (χ1v) is 6.52. The minimum absolute atomic E-state index is 0.0282. The number of carbonyl (C=O) groups is 1. The predicted octanol–water partition coefficient (Wildman–Crippen LogP) is 2.29. The Morgan fingerprint density at radius 1 is 1.28 bits per heavy atom. The van der Waals surface area contributed by atoms with Crippen LogP contribution in [0.15, 0.2) is 4.52 Å². The maximum Gasteiger partial charge on any atom is 0.227 e. The van der Waals surface area contributed by atoms with Crippen molar-refractivity contribution in [2.24, 2.45) is 5.92 Å². The molecule has 0 saturated carbocycles. The van der Waals surface area contributed by atoms with Gasteiger partial charge in [0.05, 0.1) is 0 Å². The third-order valence-electron chi connectivity index (χ3n) is 2.95. The van der Waals surface area contributed by atoms with Crippen LogP contribution >= 0.6 is 0 Å². The van der Waals surface area contributed by atoms with Crippen molar-refractivity contribution in [1.82, 2.24) is 15.5 Å².